The zero-order valence-electron chi connectivity index (χ0n) is 18.0. The average Bonchev–Trinajstić information content (AvgIpc) is 3.15. The number of carbonyl (C=O) groups is 1. The maximum absolute atomic E-state index is 13.1. The molecule has 0 saturated heterocycles. The first-order valence-corrected chi connectivity index (χ1v) is 9.91. The molecule has 8 heteroatoms. The topological polar surface area (TPSA) is 83.8 Å². The molecule has 4 rings (SSSR count). The van der Waals surface area contributed by atoms with E-state index in [2.05, 4.69) is 5.32 Å². The molecule has 0 aliphatic carbocycles. The summed E-state index contributed by atoms with van der Waals surface area (Å²) in [5.41, 5.74) is 3.77. The molecule has 0 amide bonds. The highest BCUT2D eigenvalue weighted by atomic mass is 16.6. The molecule has 0 fully saturated rings. The van der Waals surface area contributed by atoms with E-state index in [0.717, 1.165) is 16.6 Å². The maximum Gasteiger partial charge on any atom is 0.338 e. The number of hydrogen-bond acceptors (Lipinski definition) is 7. The Morgan fingerprint density at radius 3 is 2.58 bits per heavy atom. The summed E-state index contributed by atoms with van der Waals surface area (Å²) in [5, 5.41) is 3.27. The van der Waals surface area contributed by atoms with Gasteiger partial charge in [-0.3, -0.25) is 4.57 Å². The average molecular weight is 423 g/mol. The van der Waals surface area contributed by atoms with Crippen LogP contribution in [-0.4, -0.2) is 50.1 Å². The van der Waals surface area contributed by atoms with E-state index in [1.54, 1.807) is 21.3 Å². The summed E-state index contributed by atoms with van der Waals surface area (Å²) >= 11 is 0. The van der Waals surface area contributed by atoms with Gasteiger partial charge in [-0.2, -0.15) is 0 Å². The van der Waals surface area contributed by atoms with Gasteiger partial charge in [0.05, 0.1) is 43.5 Å². The van der Waals surface area contributed by atoms with Crippen LogP contribution >= 0.6 is 0 Å². The molecule has 3 aromatic rings. The molecule has 1 N–H and O–H groups in total. The van der Waals surface area contributed by atoms with Crippen molar-refractivity contribution in [1.82, 2.24) is 9.55 Å². The first kappa shape index (κ1) is 20.7. The van der Waals surface area contributed by atoms with Gasteiger partial charge in [-0.25, -0.2) is 9.78 Å². The lowest BCUT2D eigenvalue weighted by molar-refractivity contribution is -0.140. The van der Waals surface area contributed by atoms with Crippen LogP contribution in [0, 0.1) is 0 Å². The van der Waals surface area contributed by atoms with Crippen molar-refractivity contribution in [2.75, 3.05) is 39.9 Å². The number of imidazole rings is 1. The van der Waals surface area contributed by atoms with Crippen molar-refractivity contribution in [2.45, 2.75) is 13.0 Å². The number of ether oxygens (including phenoxy) is 4. The van der Waals surface area contributed by atoms with Gasteiger partial charge < -0.3 is 24.3 Å². The van der Waals surface area contributed by atoms with Gasteiger partial charge in [-0.05, 0) is 36.8 Å². The molecule has 1 aliphatic rings. The van der Waals surface area contributed by atoms with E-state index in [1.807, 2.05) is 54.0 Å². The number of nitrogens with one attached hydrogen (secondary N) is 1. The Balaban J connectivity index is 1.89. The molecule has 162 valence electrons. The molecule has 0 bridgehead atoms. The molecule has 8 nitrogen and oxygen atoms in total. The highest BCUT2D eigenvalue weighted by molar-refractivity contribution is 5.94. The fourth-order valence-electron chi connectivity index (χ4n) is 3.86. The Labute approximate surface area is 180 Å². The van der Waals surface area contributed by atoms with Gasteiger partial charge in [0.15, 0.2) is 11.5 Å². The van der Waals surface area contributed by atoms with E-state index in [9.17, 15) is 4.79 Å². The van der Waals surface area contributed by atoms with Gasteiger partial charge in [0.1, 0.15) is 6.61 Å². The molecule has 2 aromatic carbocycles. The minimum Gasteiger partial charge on any atom is -0.493 e. The molecule has 1 aliphatic heterocycles. The number of anilines is 1. The molecule has 0 saturated carbocycles. The highest BCUT2D eigenvalue weighted by Gasteiger charge is 2.35. The van der Waals surface area contributed by atoms with Crippen molar-refractivity contribution in [3.05, 3.63) is 59.3 Å². The van der Waals surface area contributed by atoms with Crippen molar-refractivity contribution < 1.29 is 23.7 Å². The monoisotopic (exact) mass is 423 g/mol. The number of para-hydroxylation sites is 2. The predicted octanol–water partition coefficient (Wildman–Crippen LogP) is 3.53. The molecule has 31 heavy (non-hydrogen) atoms. The van der Waals surface area contributed by atoms with E-state index >= 15 is 0 Å². The molecule has 1 unspecified atom stereocenters. The van der Waals surface area contributed by atoms with Crippen LogP contribution < -0.4 is 14.8 Å². The molecule has 1 atom stereocenters. The van der Waals surface area contributed by atoms with Crippen molar-refractivity contribution >= 4 is 23.0 Å². The molecule has 2 heterocycles. The van der Waals surface area contributed by atoms with Gasteiger partial charge in [-0.1, -0.05) is 18.2 Å². The first-order valence-electron chi connectivity index (χ1n) is 9.91. The van der Waals surface area contributed by atoms with Crippen LogP contribution in [0.2, 0.25) is 0 Å². The number of benzene rings is 2. The zero-order chi connectivity index (χ0) is 22.0. The minimum atomic E-state index is -0.460. The lowest BCUT2D eigenvalue weighted by Gasteiger charge is -2.30. The summed E-state index contributed by atoms with van der Waals surface area (Å²) in [6.07, 6.45) is 0. The lowest BCUT2D eigenvalue weighted by Crippen LogP contribution is -2.29. The second-order valence-corrected chi connectivity index (χ2v) is 7.10. The third kappa shape index (κ3) is 3.70. The Kier molecular flexibility index (Phi) is 5.81. The van der Waals surface area contributed by atoms with Crippen molar-refractivity contribution in [2.24, 2.45) is 0 Å². The smallest absolute Gasteiger partial charge is 0.338 e. The summed E-state index contributed by atoms with van der Waals surface area (Å²) in [4.78, 5) is 17.9. The zero-order valence-corrected chi connectivity index (χ0v) is 18.0. The van der Waals surface area contributed by atoms with Crippen LogP contribution in [0.5, 0.6) is 11.5 Å². The van der Waals surface area contributed by atoms with Crippen LogP contribution in [0.4, 0.5) is 5.95 Å². The summed E-state index contributed by atoms with van der Waals surface area (Å²) in [6, 6.07) is 13.0. The second kappa shape index (κ2) is 8.69. The highest BCUT2D eigenvalue weighted by Crippen LogP contribution is 2.41. The van der Waals surface area contributed by atoms with Gasteiger partial charge >= 0.3 is 5.97 Å². The number of carbonyl (C=O) groups excluding carboxylic acids is 1. The number of nitrogens with zero attached hydrogens (tertiary/aromatic N) is 2. The Morgan fingerprint density at radius 1 is 1.06 bits per heavy atom. The Hall–Kier alpha value is -3.52. The van der Waals surface area contributed by atoms with Crippen molar-refractivity contribution in [3.63, 3.8) is 0 Å². The van der Waals surface area contributed by atoms with Crippen LogP contribution in [-0.2, 0) is 14.3 Å². The molecule has 0 radical (unpaired) electrons. The third-order valence-electron chi connectivity index (χ3n) is 5.29. The molecule has 1 aromatic heterocycles. The third-order valence-corrected chi connectivity index (χ3v) is 5.29. The molecule has 0 spiro atoms. The largest absolute Gasteiger partial charge is 0.493 e. The van der Waals surface area contributed by atoms with E-state index in [-0.39, 0.29) is 6.61 Å². The second-order valence-electron chi connectivity index (χ2n) is 7.10. The normalized spacial score (nSPS) is 15.4. The van der Waals surface area contributed by atoms with Crippen LogP contribution in [0.1, 0.15) is 18.5 Å². The maximum atomic E-state index is 13.1. The standard InChI is InChI=1S/C23H25N3O5/c1-14-20(22(27)31-12-11-28-2)21(15-9-10-18(29-3)19(13-15)30-4)26-17-8-6-5-7-16(17)25-23(26)24-14/h5-10,13,21H,11-12H2,1-4H3,(H,24,25). The molecular formula is C23H25N3O5. The lowest BCUT2D eigenvalue weighted by atomic mass is 9.94. The van der Waals surface area contributed by atoms with Crippen molar-refractivity contribution in [3.8, 4) is 11.5 Å². The number of allylic oxidation sites excluding steroid dienone is 1. The number of fused-ring (bicyclic) bond motifs is 3. The summed E-state index contributed by atoms with van der Waals surface area (Å²) in [5.74, 6) is 1.44. The quantitative estimate of drug-likeness (QED) is 0.460. The Morgan fingerprint density at radius 2 is 1.84 bits per heavy atom. The summed E-state index contributed by atoms with van der Waals surface area (Å²) in [7, 11) is 4.74. The van der Waals surface area contributed by atoms with E-state index < -0.39 is 12.0 Å². The number of methoxy groups -OCH3 is 3. The van der Waals surface area contributed by atoms with Gasteiger partial charge in [-0.15, -0.1) is 0 Å². The van der Waals surface area contributed by atoms with Crippen LogP contribution in [0.15, 0.2) is 53.7 Å². The van der Waals surface area contributed by atoms with Crippen LogP contribution in [0.25, 0.3) is 11.0 Å². The van der Waals surface area contributed by atoms with Crippen molar-refractivity contribution in [1.29, 1.82) is 0 Å². The number of hydrogen-bond donors (Lipinski definition) is 1. The number of aromatic nitrogens is 2. The number of esters is 1. The van der Waals surface area contributed by atoms with Gasteiger partial charge in [0, 0.05) is 12.8 Å². The van der Waals surface area contributed by atoms with E-state index in [0.29, 0.717) is 35.3 Å². The van der Waals surface area contributed by atoms with Gasteiger partial charge in [0.25, 0.3) is 0 Å². The number of rotatable bonds is 7. The fourth-order valence-corrected chi connectivity index (χ4v) is 3.86. The summed E-state index contributed by atoms with van der Waals surface area (Å²) in [6.45, 7) is 2.34. The summed E-state index contributed by atoms with van der Waals surface area (Å²) < 4.78 is 23.4. The van der Waals surface area contributed by atoms with Gasteiger partial charge in [0.2, 0.25) is 5.95 Å². The first-order chi connectivity index (χ1) is 15.1. The fraction of sp³-hybridized carbons (Fsp3) is 0.304. The Bertz CT molecular complexity index is 1150. The molecular weight excluding hydrogens is 398 g/mol. The minimum absolute atomic E-state index is 0.169. The van der Waals surface area contributed by atoms with E-state index in [1.165, 1.54) is 0 Å². The SMILES string of the molecule is COCCOC(=O)C1=C(C)Nc2nc3ccccc3n2C1c1ccc(OC)c(OC)c1. The predicted molar refractivity (Wildman–Crippen MR) is 117 cm³/mol. The van der Waals surface area contributed by atoms with E-state index in [4.69, 9.17) is 23.9 Å². The van der Waals surface area contributed by atoms with Crippen LogP contribution in [0.3, 0.4) is 0 Å².